The molecule has 0 saturated carbocycles. The number of rotatable bonds is 4. The maximum Gasteiger partial charge on any atom is 0.354 e. The summed E-state index contributed by atoms with van der Waals surface area (Å²) in [4.78, 5) is 21.0. The zero-order valence-electron chi connectivity index (χ0n) is 12.7. The summed E-state index contributed by atoms with van der Waals surface area (Å²) in [5, 5.41) is 9.01. The number of piperazine rings is 1. The van der Waals surface area contributed by atoms with E-state index in [1.807, 2.05) is 4.90 Å². The monoisotopic (exact) mass is 348 g/mol. The van der Waals surface area contributed by atoms with Gasteiger partial charge in [-0.15, -0.1) is 0 Å². The van der Waals surface area contributed by atoms with Crippen molar-refractivity contribution in [3.63, 3.8) is 0 Å². The van der Waals surface area contributed by atoms with Crippen molar-refractivity contribution in [3.05, 3.63) is 48.4 Å². The van der Waals surface area contributed by atoms with Gasteiger partial charge in [-0.3, -0.25) is 4.98 Å². The molecule has 1 saturated heterocycles. The first kappa shape index (κ1) is 16.3. The Labute approximate surface area is 139 Å². The highest BCUT2D eigenvalue weighted by atomic mass is 32.2. The summed E-state index contributed by atoms with van der Waals surface area (Å²) >= 11 is 0. The first-order valence-electron chi connectivity index (χ1n) is 7.34. The van der Waals surface area contributed by atoms with Crippen LogP contribution in [0.2, 0.25) is 0 Å². The average Bonchev–Trinajstić information content (AvgIpc) is 2.62. The Bertz CT molecular complexity index is 834. The quantitative estimate of drug-likeness (QED) is 0.867. The maximum absolute atomic E-state index is 12.5. The number of nitrogens with zero attached hydrogens (tertiary/aromatic N) is 4. The highest BCUT2D eigenvalue weighted by Gasteiger charge is 2.29. The molecular formula is C15H16N4O4S. The number of sulfonamides is 1. The van der Waals surface area contributed by atoms with E-state index in [9.17, 15) is 13.2 Å². The molecule has 0 unspecified atom stereocenters. The lowest BCUT2D eigenvalue weighted by atomic mass is 10.3. The molecule has 8 nitrogen and oxygen atoms in total. The van der Waals surface area contributed by atoms with Gasteiger partial charge in [0.2, 0.25) is 10.0 Å². The first-order valence-corrected chi connectivity index (χ1v) is 8.78. The number of hydrogen-bond acceptors (Lipinski definition) is 6. The Balaban J connectivity index is 1.72. The fourth-order valence-corrected chi connectivity index (χ4v) is 3.91. The molecule has 9 heteroatoms. The fourth-order valence-electron chi connectivity index (χ4n) is 2.52. The SMILES string of the molecule is O=C(O)c1cccc(N2CCN(S(=O)(=O)c3cccnc3)CC2)n1. The van der Waals surface area contributed by atoms with Gasteiger partial charge in [0.15, 0.2) is 5.69 Å². The van der Waals surface area contributed by atoms with Crippen molar-refractivity contribution in [2.45, 2.75) is 4.90 Å². The zero-order chi connectivity index (χ0) is 17.2. The van der Waals surface area contributed by atoms with Gasteiger partial charge in [-0.1, -0.05) is 6.07 Å². The molecule has 3 rings (SSSR count). The van der Waals surface area contributed by atoms with Crippen molar-refractivity contribution in [2.24, 2.45) is 0 Å². The molecule has 1 N–H and O–H groups in total. The summed E-state index contributed by atoms with van der Waals surface area (Å²) in [6.07, 6.45) is 2.86. The molecule has 0 radical (unpaired) electrons. The van der Waals surface area contributed by atoms with E-state index in [4.69, 9.17) is 5.11 Å². The van der Waals surface area contributed by atoms with E-state index >= 15 is 0 Å². The van der Waals surface area contributed by atoms with E-state index in [-0.39, 0.29) is 10.6 Å². The van der Waals surface area contributed by atoms with Gasteiger partial charge in [-0.05, 0) is 24.3 Å². The normalized spacial score (nSPS) is 16.1. The number of hydrogen-bond donors (Lipinski definition) is 1. The van der Waals surface area contributed by atoms with E-state index in [1.54, 1.807) is 18.2 Å². The van der Waals surface area contributed by atoms with Gasteiger partial charge in [0.25, 0.3) is 0 Å². The molecule has 0 aliphatic carbocycles. The summed E-state index contributed by atoms with van der Waals surface area (Å²) in [6, 6.07) is 7.88. The Morgan fingerprint density at radius 2 is 1.83 bits per heavy atom. The van der Waals surface area contributed by atoms with Crippen LogP contribution in [0.25, 0.3) is 0 Å². The molecule has 126 valence electrons. The molecule has 3 heterocycles. The molecule has 0 amide bonds. The van der Waals surface area contributed by atoms with E-state index < -0.39 is 16.0 Å². The van der Waals surface area contributed by atoms with E-state index in [0.717, 1.165) is 0 Å². The number of carboxylic acid groups (broad SMARTS) is 1. The second-order valence-electron chi connectivity index (χ2n) is 5.27. The topological polar surface area (TPSA) is 104 Å². The van der Waals surface area contributed by atoms with Gasteiger partial charge in [0.1, 0.15) is 10.7 Å². The molecule has 0 bridgehead atoms. The Hall–Kier alpha value is -2.52. The van der Waals surface area contributed by atoms with Gasteiger partial charge in [0, 0.05) is 38.6 Å². The third kappa shape index (κ3) is 3.22. The van der Waals surface area contributed by atoms with Crippen LogP contribution in [0.15, 0.2) is 47.6 Å². The highest BCUT2D eigenvalue weighted by Crippen LogP contribution is 2.19. The molecule has 1 fully saturated rings. The van der Waals surface area contributed by atoms with Gasteiger partial charge < -0.3 is 10.0 Å². The summed E-state index contributed by atoms with van der Waals surface area (Å²) in [5.41, 5.74) is -0.0297. The fraction of sp³-hybridized carbons (Fsp3) is 0.267. The van der Waals surface area contributed by atoms with Crippen LogP contribution in [-0.2, 0) is 10.0 Å². The third-order valence-corrected chi connectivity index (χ3v) is 5.67. The zero-order valence-corrected chi connectivity index (χ0v) is 13.6. The number of carbonyl (C=O) groups is 1. The molecule has 0 atom stereocenters. The standard InChI is InChI=1S/C15H16N4O4S/c20-15(21)13-4-1-5-14(17-13)18-7-9-19(10-8-18)24(22,23)12-3-2-6-16-11-12/h1-6,11H,7-10H2,(H,20,21). The van der Waals surface area contributed by atoms with Gasteiger partial charge >= 0.3 is 5.97 Å². The average molecular weight is 348 g/mol. The maximum atomic E-state index is 12.5. The molecule has 0 spiro atoms. The van der Waals surface area contributed by atoms with Crippen LogP contribution < -0.4 is 4.90 Å². The highest BCUT2D eigenvalue weighted by molar-refractivity contribution is 7.89. The number of aromatic carboxylic acids is 1. The predicted molar refractivity (Wildman–Crippen MR) is 86.4 cm³/mol. The van der Waals surface area contributed by atoms with Gasteiger partial charge in [0.05, 0.1) is 0 Å². The van der Waals surface area contributed by atoms with E-state index in [0.29, 0.717) is 32.0 Å². The van der Waals surface area contributed by atoms with E-state index in [2.05, 4.69) is 9.97 Å². The van der Waals surface area contributed by atoms with Crippen molar-refractivity contribution in [2.75, 3.05) is 31.1 Å². The summed E-state index contributed by atoms with van der Waals surface area (Å²) in [5.74, 6) is -0.553. The lowest BCUT2D eigenvalue weighted by Crippen LogP contribution is -2.49. The Kier molecular flexibility index (Phi) is 4.45. The molecule has 2 aromatic heterocycles. The summed E-state index contributed by atoms with van der Waals surface area (Å²) < 4.78 is 26.5. The number of pyridine rings is 2. The van der Waals surface area contributed by atoms with Crippen LogP contribution in [0, 0.1) is 0 Å². The lowest BCUT2D eigenvalue weighted by molar-refractivity contribution is 0.0690. The van der Waals surface area contributed by atoms with Crippen molar-refractivity contribution in [3.8, 4) is 0 Å². The van der Waals surface area contributed by atoms with Crippen molar-refractivity contribution < 1.29 is 18.3 Å². The van der Waals surface area contributed by atoms with Gasteiger partial charge in [-0.25, -0.2) is 18.2 Å². The van der Waals surface area contributed by atoms with Crippen molar-refractivity contribution in [1.82, 2.24) is 14.3 Å². The largest absolute Gasteiger partial charge is 0.477 e. The van der Waals surface area contributed by atoms with Crippen LogP contribution in [0.5, 0.6) is 0 Å². The van der Waals surface area contributed by atoms with Gasteiger partial charge in [-0.2, -0.15) is 4.31 Å². The predicted octanol–water partition coefficient (Wildman–Crippen LogP) is 0.686. The minimum Gasteiger partial charge on any atom is -0.477 e. The number of carboxylic acids is 1. The van der Waals surface area contributed by atoms with E-state index in [1.165, 1.54) is 28.8 Å². The van der Waals surface area contributed by atoms with Crippen LogP contribution in [0.3, 0.4) is 0 Å². The Morgan fingerprint density at radius 3 is 2.46 bits per heavy atom. The Morgan fingerprint density at radius 1 is 1.08 bits per heavy atom. The molecular weight excluding hydrogens is 332 g/mol. The molecule has 1 aliphatic heterocycles. The summed E-state index contributed by atoms with van der Waals surface area (Å²) in [7, 11) is -3.56. The number of aromatic nitrogens is 2. The first-order chi connectivity index (χ1) is 11.5. The number of anilines is 1. The second-order valence-corrected chi connectivity index (χ2v) is 7.20. The third-order valence-electron chi connectivity index (χ3n) is 3.79. The molecule has 1 aliphatic rings. The van der Waals surface area contributed by atoms with Crippen molar-refractivity contribution in [1.29, 1.82) is 0 Å². The minimum absolute atomic E-state index is 0.0297. The smallest absolute Gasteiger partial charge is 0.354 e. The van der Waals surface area contributed by atoms with Crippen LogP contribution >= 0.6 is 0 Å². The van der Waals surface area contributed by atoms with Crippen LogP contribution in [0.1, 0.15) is 10.5 Å². The van der Waals surface area contributed by atoms with Crippen LogP contribution in [-0.4, -0.2) is 59.9 Å². The minimum atomic E-state index is -3.56. The molecule has 24 heavy (non-hydrogen) atoms. The van der Waals surface area contributed by atoms with Crippen molar-refractivity contribution >= 4 is 21.8 Å². The summed E-state index contributed by atoms with van der Waals surface area (Å²) in [6.45, 7) is 1.48. The molecule has 0 aromatic carbocycles. The molecule has 2 aromatic rings. The lowest BCUT2D eigenvalue weighted by Gasteiger charge is -2.34. The second kappa shape index (κ2) is 6.54. The van der Waals surface area contributed by atoms with Crippen LogP contribution in [0.4, 0.5) is 5.82 Å².